The summed E-state index contributed by atoms with van der Waals surface area (Å²) >= 11 is 7.14. The normalized spacial score (nSPS) is 11.7. The summed E-state index contributed by atoms with van der Waals surface area (Å²) in [6.45, 7) is 3.15. The summed E-state index contributed by atoms with van der Waals surface area (Å²) < 4.78 is 18.4. The Morgan fingerprint density at radius 3 is 2.54 bits per heavy atom. The van der Waals surface area contributed by atoms with Crippen LogP contribution in [0.2, 0.25) is 5.02 Å². The van der Waals surface area contributed by atoms with E-state index in [-0.39, 0.29) is 10.7 Å². The van der Waals surface area contributed by atoms with E-state index >= 15 is 0 Å². The van der Waals surface area contributed by atoms with Crippen molar-refractivity contribution < 1.29 is 18.7 Å². The van der Waals surface area contributed by atoms with E-state index in [9.17, 15) is 14.0 Å². The molecule has 1 aromatic heterocycles. The molecule has 0 saturated heterocycles. The second-order valence-corrected chi connectivity index (χ2v) is 7.36. The second-order valence-electron chi connectivity index (χ2n) is 5.96. The lowest BCUT2D eigenvalue weighted by atomic mass is 10.2. The fourth-order valence-corrected chi connectivity index (χ4v) is 3.50. The van der Waals surface area contributed by atoms with Crippen molar-refractivity contribution >= 4 is 40.5 Å². The van der Waals surface area contributed by atoms with E-state index in [0.717, 1.165) is 11.3 Å². The van der Waals surface area contributed by atoms with E-state index < -0.39 is 18.0 Å². The summed E-state index contributed by atoms with van der Waals surface area (Å²) in [6.07, 6.45) is -1.03. The van der Waals surface area contributed by atoms with Crippen molar-refractivity contribution in [2.24, 2.45) is 0 Å². The molecule has 2 aromatic carbocycles. The van der Waals surface area contributed by atoms with Gasteiger partial charge >= 0.3 is 5.97 Å². The molecular formula is C20H16ClFN2O3S. The lowest BCUT2D eigenvalue weighted by Crippen LogP contribution is -2.30. The number of halogens is 2. The summed E-state index contributed by atoms with van der Waals surface area (Å²) in [4.78, 5) is 29.4. The van der Waals surface area contributed by atoms with Crippen molar-refractivity contribution in [1.82, 2.24) is 4.98 Å². The van der Waals surface area contributed by atoms with Gasteiger partial charge in [-0.05, 0) is 50.2 Å². The minimum absolute atomic E-state index is 0.289. The van der Waals surface area contributed by atoms with Gasteiger partial charge in [0.15, 0.2) is 6.10 Å². The van der Waals surface area contributed by atoms with Crippen LogP contribution in [-0.2, 0) is 9.53 Å². The van der Waals surface area contributed by atoms with E-state index in [1.54, 1.807) is 43.3 Å². The van der Waals surface area contributed by atoms with Crippen LogP contribution in [0, 0.1) is 12.7 Å². The third-order valence-electron chi connectivity index (χ3n) is 3.86. The number of carbonyl (C=O) groups excluding carboxylic acids is 2. The molecule has 0 radical (unpaired) electrons. The molecule has 0 spiro atoms. The maximum atomic E-state index is 13.1. The second kappa shape index (κ2) is 8.50. The van der Waals surface area contributed by atoms with Crippen molar-refractivity contribution in [3.63, 3.8) is 0 Å². The molecule has 1 heterocycles. The summed E-state index contributed by atoms with van der Waals surface area (Å²) in [5, 5.41) is 3.57. The number of aromatic nitrogens is 1. The molecule has 0 saturated carbocycles. The highest BCUT2D eigenvalue weighted by molar-refractivity contribution is 7.17. The number of anilines is 1. The molecule has 5 nitrogen and oxygen atoms in total. The largest absolute Gasteiger partial charge is 0.448 e. The molecule has 0 aliphatic heterocycles. The summed E-state index contributed by atoms with van der Waals surface area (Å²) in [5.74, 6) is -1.50. The molecule has 8 heteroatoms. The number of rotatable bonds is 5. The number of ether oxygens (including phenoxy) is 1. The molecule has 3 rings (SSSR count). The zero-order chi connectivity index (χ0) is 20.3. The first kappa shape index (κ1) is 20.0. The number of benzene rings is 2. The highest BCUT2D eigenvalue weighted by Crippen LogP contribution is 2.29. The first-order valence-electron chi connectivity index (χ1n) is 8.35. The Labute approximate surface area is 170 Å². The Morgan fingerprint density at radius 2 is 1.86 bits per heavy atom. The van der Waals surface area contributed by atoms with Gasteiger partial charge in [-0.25, -0.2) is 14.2 Å². The molecule has 3 aromatic rings. The standard InChI is InChI=1S/C20H16ClFN2O3S/c1-11-17(28-19(23-11)13-7-9-14(22)10-8-13)20(26)27-12(2)18(25)24-16-6-4-3-5-15(16)21/h3-10,12H,1-2H3,(H,24,25). The molecule has 144 valence electrons. The Balaban J connectivity index is 1.69. The van der Waals surface area contributed by atoms with Crippen LogP contribution in [0.4, 0.5) is 10.1 Å². The van der Waals surface area contributed by atoms with Crippen molar-refractivity contribution in [2.45, 2.75) is 20.0 Å². The van der Waals surface area contributed by atoms with Crippen LogP contribution >= 0.6 is 22.9 Å². The third kappa shape index (κ3) is 4.55. The van der Waals surface area contributed by atoms with E-state index in [0.29, 0.717) is 27.0 Å². The van der Waals surface area contributed by atoms with Gasteiger partial charge in [0.25, 0.3) is 5.91 Å². The minimum Gasteiger partial charge on any atom is -0.448 e. The van der Waals surface area contributed by atoms with Crippen LogP contribution in [0.5, 0.6) is 0 Å². The SMILES string of the molecule is Cc1nc(-c2ccc(F)cc2)sc1C(=O)OC(C)C(=O)Nc1ccccc1Cl. The quantitative estimate of drug-likeness (QED) is 0.585. The molecule has 0 fully saturated rings. The third-order valence-corrected chi connectivity index (χ3v) is 5.37. The van der Waals surface area contributed by atoms with Crippen LogP contribution in [0.25, 0.3) is 10.6 Å². The van der Waals surface area contributed by atoms with Crippen LogP contribution in [0.3, 0.4) is 0 Å². The number of amides is 1. The summed E-state index contributed by atoms with van der Waals surface area (Å²) in [5.41, 5.74) is 1.61. The van der Waals surface area contributed by atoms with Gasteiger partial charge in [-0.2, -0.15) is 0 Å². The Kier molecular flexibility index (Phi) is 6.06. The monoisotopic (exact) mass is 418 g/mol. The van der Waals surface area contributed by atoms with E-state index in [4.69, 9.17) is 16.3 Å². The van der Waals surface area contributed by atoms with Gasteiger partial charge < -0.3 is 10.1 Å². The van der Waals surface area contributed by atoms with Crippen molar-refractivity contribution in [3.05, 3.63) is 69.9 Å². The van der Waals surface area contributed by atoms with Gasteiger partial charge in [0, 0.05) is 5.56 Å². The van der Waals surface area contributed by atoms with Gasteiger partial charge in [0.05, 0.1) is 16.4 Å². The number of thiazole rings is 1. The maximum absolute atomic E-state index is 13.1. The molecular weight excluding hydrogens is 403 g/mol. The number of carbonyl (C=O) groups is 2. The number of hydrogen-bond donors (Lipinski definition) is 1. The van der Waals surface area contributed by atoms with Gasteiger partial charge in [-0.1, -0.05) is 23.7 Å². The average Bonchev–Trinajstić information content (AvgIpc) is 3.06. The lowest BCUT2D eigenvalue weighted by Gasteiger charge is -2.13. The average molecular weight is 419 g/mol. The first-order chi connectivity index (χ1) is 13.3. The van der Waals surface area contributed by atoms with E-state index in [2.05, 4.69) is 10.3 Å². The van der Waals surface area contributed by atoms with E-state index in [1.165, 1.54) is 19.1 Å². The summed E-state index contributed by atoms with van der Waals surface area (Å²) in [7, 11) is 0. The number of nitrogens with one attached hydrogen (secondary N) is 1. The Bertz CT molecular complexity index is 1020. The zero-order valence-corrected chi connectivity index (χ0v) is 16.6. The fraction of sp³-hybridized carbons (Fsp3) is 0.150. The maximum Gasteiger partial charge on any atom is 0.351 e. The predicted octanol–water partition coefficient (Wildman–Crippen LogP) is 5.10. The molecule has 28 heavy (non-hydrogen) atoms. The predicted molar refractivity (Wildman–Crippen MR) is 107 cm³/mol. The van der Waals surface area contributed by atoms with Crippen LogP contribution < -0.4 is 5.32 Å². The van der Waals surface area contributed by atoms with Gasteiger partial charge in [-0.15, -0.1) is 11.3 Å². The number of para-hydroxylation sites is 1. The molecule has 1 atom stereocenters. The first-order valence-corrected chi connectivity index (χ1v) is 9.54. The van der Waals surface area contributed by atoms with Crippen molar-refractivity contribution in [2.75, 3.05) is 5.32 Å². The van der Waals surface area contributed by atoms with Crippen molar-refractivity contribution in [1.29, 1.82) is 0 Å². The molecule has 1 N–H and O–H groups in total. The number of nitrogens with zero attached hydrogens (tertiary/aromatic N) is 1. The number of aryl methyl sites for hydroxylation is 1. The lowest BCUT2D eigenvalue weighted by molar-refractivity contribution is -0.123. The van der Waals surface area contributed by atoms with E-state index in [1.807, 2.05) is 0 Å². The van der Waals surface area contributed by atoms with Crippen LogP contribution in [0.1, 0.15) is 22.3 Å². The van der Waals surface area contributed by atoms with Gasteiger partial charge in [-0.3, -0.25) is 4.79 Å². The Hall–Kier alpha value is -2.77. The molecule has 1 amide bonds. The number of hydrogen-bond acceptors (Lipinski definition) is 5. The Morgan fingerprint density at radius 1 is 1.18 bits per heavy atom. The molecule has 0 bridgehead atoms. The molecule has 0 aliphatic carbocycles. The smallest absolute Gasteiger partial charge is 0.351 e. The fourth-order valence-electron chi connectivity index (χ4n) is 2.37. The van der Waals surface area contributed by atoms with Gasteiger partial charge in [0.1, 0.15) is 15.7 Å². The number of esters is 1. The minimum atomic E-state index is -1.03. The van der Waals surface area contributed by atoms with Crippen LogP contribution in [0.15, 0.2) is 48.5 Å². The van der Waals surface area contributed by atoms with Gasteiger partial charge in [0.2, 0.25) is 0 Å². The van der Waals surface area contributed by atoms with Crippen molar-refractivity contribution in [3.8, 4) is 10.6 Å². The highest BCUT2D eigenvalue weighted by Gasteiger charge is 2.23. The summed E-state index contributed by atoms with van der Waals surface area (Å²) in [6, 6.07) is 12.6. The van der Waals surface area contributed by atoms with Crippen LogP contribution in [-0.4, -0.2) is 23.0 Å². The topological polar surface area (TPSA) is 68.3 Å². The molecule has 0 aliphatic rings. The highest BCUT2D eigenvalue weighted by atomic mass is 35.5. The zero-order valence-electron chi connectivity index (χ0n) is 15.0. The molecule has 1 unspecified atom stereocenters.